The van der Waals surface area contributed by atoms with Crippen LogP contribution < -0.4 is 62.6 Å². The molecule has 9 N–H and O–H groups in total. The van der Waals surface area contributed by atoms with Crippen molar-refractivity contribution >= 4 is 83.0 Å². The second kappa shape index (κ2) is 29.1. The Bertz CT molecular complexity index is 2000. The number of nitrogens with zero attached hydrogens (tertiary/aromatic N) is 6. The molecule has 6 atom stereocenters. The number of anilines is 3. The molecule has 0 spiro atoms. The van der Waals surface area contributed by atoms with Crippen LogP contribution in [0.3, 0.4) is 0 Å². The lowest BCUT2D eigenvalue weighted by atomic mass is 10.0. The highest BCUT2D eigenvalue weighted by Gasteiger charge is 2.43. The quantitative estimate of drug-likeness (QED) is 0.0431. The molecule has 0 saturated carbocycles. The first-order valence-corrected chi connectivity index (χ1v) is 30.8. The van der Waals surface area contributed by atoms with Crippen molar-refractivity contribution in [1.82, 2.24) is 62.8 Å². The molecule has 7 fully saturated rings. The third kappa shape index (κ3) is 17.5. The average molecular weight is 1100 g/mol. The number of aromatic nitrogens is 3. The summed E-state index contributed by atoms with van der Waals surface area (Å²) in [6.07, 6.45) is 17.2. The second-order valence-electron chi connectivity index (χ2n) is 21.9. The van der Waals surface area contributed by atoms with E-state index in [1.165, 1.54) is 0 Å². The van der Waals surface area contributed by atoms with Crippen LogP contribution in [0.2, 0.25) is 0 Å². The molecule has 0 bridgehead atoms. The molecule has 0 aromatic carbocycles. The van der Waals surface area contributed by atoms with Crippen LogP contribution in [-0.2, 0) is 24.0 Å². The molecule has 0 aliphatic carbocycles. The molecule has 24 heteroatoms. The van der Waals surface area contributed by atoms with Gasteiger partial charge in [-0.3, -0.25) is 24.0 Å². The number of carbonyl (C=O) groups is 7. The highest BCUT2D eigenvalue weighted by atomic mass is 32.2. The van der Waals surface area contributed by atoms with E-state index in [1.54, 1.807) is 6.92 Å². The summed E-state index contributed by atoms with van der Waals surface area (Å²) in [5.41, 5.74) is 0. The molecule has 422 valence electrons. The van der Waals surface area contributed by atoms with Crippen LogP contribution in [0.1, 0.15) is 148 Å². The summed E-state index contributed by atoms with van der Waals surface area (Å²) in [7, 11) is 0. The number of piperidine rings is 3. The largest absolute Gasteiger partial charge is 0.356 e. The number of urea groups is 2. The first-order valence-electron chi connectivity index (χ1n) is 28.7. The molecular formula is C52H85N15O7S2. The Morgan fingerprint density at radius 3 is 1.21 bits per heavy atom. The van der Waals surface area contributed by atoms with Crippen LogP contribution in [-0.4, -0.2) is 173 Å². The molecule has 7 aliphatic heterocycles. The summed E-state index contributed by atoms with van der Waals surface area (Å²) in [5, 5.41) is 28.5. The Morgan fingerprint density at radius 2 is 0.829 bits per heavy atom. The molecule has 8 heterocycles. The number of hydrogen-bond donors (Lipinski definition) is 9. The number of carbonyl (C=O) groups excluding carboxylic acids is 7. The third-order valence-corrected chi connectivity index (χ3v) is 19.1. The molecule has 76 heavy (non-hydrogen) atoms. The van der Waals surface area contributed by atoms with E-state index in [9.17, 15) is 33.6 Å². The lowest BCUT2D eigenvalue weighted by Gasteiger charge is -2.36. The maximum absolute atomic E-state index is 13.0. The molecule has 22 nitrogen and oxygen atoms in total. The monoisotopic (exact) mass is 1100 g/mol. The first kappa shape index (κ1) is 57.2. The van der Waals surface area contributed by atoms with Gasteiger partial charge in [0, 0.05) is 125 Å². The molecule has 0 radical (unpaired) electrons. The van der Waals surface area contributed by atoms with Crippen molar-refractivity contribution in [1.29, 1.82) is 0 Å². The lowest BCUT2D eigenvalue weighted by Crippen LogP contribution is -2.47. The van der Waals surface area contributed by atoms with Crippen LogP contribution in [0, 0.1) is 0 Å². The Hall–Kier alpha value is -5.00. The Kier molecular flexibility index (Phi) is 21.9. The minimum absolute atomic E-state index is 0.0230. The number of thioether (sulfide) groups is 2. The van der Waals surface area contributed by atoms with Crippen LogP contribution >= 0.6 is 23.5 Å². The lowest BCUT2D eigenvalue weighted by molar-refractivity contribution is -0.122. The summed E-state index contributed by atoms with van der Waals surface area (Å²) >= 11 is 3.80. The fourth-order valence-corrected chi connectivity index (χ4v) is 14.8. The number of hydrogen-bond acceptors (Lipinski definition) is 15. The minimum atomic E-state index is -0.0681. The van der Waals surface area contributed by atoms with Crippen molar-refractivity contribution in [2.75, 3.05) is 78.6 Å². The Balaban J connectivity index is 0.689. The molecule has 1 aromatic heterocycles. The molecule has 4 unspecified atom stereocenters. The SMILES string of the molecule is CC(=O)NC1CCN(c2nc(N3CCC(NC(=O)CCCCCNC(=O)CCCC[C@@H]4SCC5NC(=O)NC54)CC3)nc(N3CCC(NC(=O)CCCCCNC(=O)CCCC[C@@H]4SCC5NC(=O)NC54)CC3)n2)CC1. The van der Waals surface area contributed by atoms with Gasteiger partial charge < -0.3 is 62.6 Å². The topological polar surface area (TPSA) is 276 Å². The zero-order chi connectivity index (χ0) is 53.2. The predicted octanol–water partition coefficient (Wildman–Crippen LogP) is 2.95. The Labute approximate surface area is 457 Å². The van der Waals surface area contributed by atoms with Crippen LogP contribution in [0.15, 0.2) is 0 Å². The van der Waals surface area contributed by atoms with Gasteiger partial charge in [-0.15, -0.1) is 0 Å². The van der Waals surface area contributed by atoms with Gasteiger partial charge in [-0.2, -0.15) is 38.5 Å². The van der Waals surface area contributed by atoms with Crippen molar-refractivity contribution in [2.45, 2.75) is 201 Å². The number of fused-ring (bicyclic) bond motifs is 2. The molecule has 7 aliphatic rings. The van der Waals surface area contributed by atoms with Crippen LogP contribution in [0.5, 0.6) is 0 Å². The second-order valence-corrected chi connectivity index (χ2v) is 24.5. The van der Waals surface area contributed by atoms with E-state index in [1.807, 2.05) is 23.5 Å². The highest BCUT2D eigenvalue weighted by Crippen LogP contribution is 2.34. The van der Waals surface area contributed by atoms with Crippen LogP contribution in [0.4, 0.5) is 27.4 Å². The zero-order valence-electron chi connectivity index (χ0n) is 44.7. The van der Waals surface area contributed by atoms with E-state index in [2.05, 4.69) is 62.6 Å². The molecule has 7 saturated heterocycles. The standard InChI is InChI=1S/C52H85N15O7S2/c1-34(68)55-35-18-26-65(27-19-35)48-62-49(66-28-20-36(21-29-66)56-44(71)16-4-2-10-24-53-42(69)14-8-6-12-40-46-38(32-75-40)58-51(73)60-46)64-50(63-48)67-30-22-37(23-31-67)57-45(72)17-5-3-11-25-54-43(70)15-9-7-13-41-47-39(33-76-41)59-52(74)61-47/h35-41,46-47H,2-33H2,1H3,(H,53,69)(H,54,70)(H,55,68)(H,56,71)(H,57,72)(H2,58,60,73)(H2,59,61,74)/t38?,39?,40-,41-,46?,47?/m0/s1. The van der Waals surface area contributed by atoms with Crippen molar-refractivity contribution in [3.63, 3.8) is 0 Å². The zero-order valence-corrected chi connectivity index (χ0v) is 46.3. The number of nitrogens with one attached hydrogen (secondary N) is 9. The van der Waals surface area contributed by atoms with Crippen molar-refractivity contribution < 1.29 is 33.6 Å². The summed E-state index contributed by atoms with van der Waals surface area (Å²) in [5.74, 6) is 4.02. The maximum Gasteiger partial charge on any atom is 0.315 e. The fourth-order valence-electron chi connectivity index (χ4n) is 11.7. The average Bonchev–Trinajstić information content (AvgIpc) is 4.18. The van der Waals surface area contributed by atoms with E-state index in [0.717, 1.165) is 127 Å². The summed E-state index contributed by atoms with van der Waals surface area (Å²) in [4.78, 5) is 107. The van der Waals surface area contributed by atoms with Gasteiger partial charge in [0.25, 0.3) is 0 Å². The summed E-state index contributed by atoms with van der Waals surface area (Å²) in [6, 6.07) is 0.981. The molecule has 9 amide bonds. The first-order chi connectivity index (χ1) is 36.9. The van der Waals surface area contributed by atoms with Gasteiger partial charge in [-0.05, 0) is 89.9 Å². The van der Waals surface area contributed by atoms with E-state index in [0.29, 0.717) is 106 Å². The van der Waals surface area contributed by atoms with Gasteiger partial charge in [0.05, 0.1) is 24.2 Å². The maximum atomic E-state index is 13.0. The van der Waals surface area contributed by atoms with Crippen molar-refractivity contribution in [3.05, 3.63) is 0 Å². The highest BCUT2D eigenvalue weighted by molar-refractivity contribution is 8.00. The predicted molar refractivity (Wildman–Crippen MR) is 297 cm³/mol. The van der Waals surface area contributed by atoms with Gasteiger partial charge in [0.1, 0.15) is 0 Å². The van der Waals surface area contributed by atoms with Crippen molar-refractivity contribution in [3.8, 4) is 0 Å². The summed E-state index contributed by atoms with van der Waals surface area (Å²) in [6.45, 7) is 6.99. The van der Waals surface area contributed by atoms with E-state index < -0.39 is 0 Å². The number of rotatable bonds is 28. The van der Waals surface area contributed by atoms with E-state index >= 15 is 0 Å². The normalized spacial score (nSPS) is 24.7. The summed E-state index contributed by atoms with van der Waals surface area (Å²) < 4.78 is 0. The number of amides is 9. The van der Waals surface area contributed by atoms with Gasteiger partial charge in [-0.1, -0.05) is 25.7 Å². The number of unbranched alkanes of at least 4 members (excludes halogenated alkanes) is 6. The smallest absolute Gasteiger partial charge is 0.315 e. The van der Waals surface area contributed by atoms with E-state index in [-0.39, 0.29) is 83.9 Å². The Morgan fingerprint density at radius 1 is 0.474 bits per heavy atom. The van der Waals surface area contributed by atoms with Gasteiger partial charge in [0.2, 0.25) is 47.4 Å². The van der Waals surface area contributed by atoms with Crippen molar-refractivity contribution in [2.24, 2.45) is 0 Å². The molecule has 8 rings (SSSR count). The third-order valence-electron chi connectivity index (χ3n) is 16.0. The molecule has 1 aromatic rings. The molecular weight excluding hydrogens is 1010 g/mol. The van der Waals surface area contributed by atoms with E-state index in [4.69, 9.17) is 15.0 Å². The minimum Gasteiger partial charge on any atom is -0.356 e. The van der Waals surface area contributed by atoms with Gasteiger partial charge >= 0.3 is 12.1 Å². The van der Waals surface area contributed by atoms with Gasteiger partial charge in [-0.25, -0.2) is 9.59 Å². The van der Waals surface area contributed by atoms with Gasteiger partial charge in [0.15, 0.2) is 0 Å². The fraction of sp³-hybridized carbons (Fsp3) is 0.808. The van der Waals surface area contributed by atoms with Crippen LogP contribution in [0.25, 0.3) is 0 Å².